The molecule has 0 bridgehead atoms. The molecule has 1 aromatic carbocycles. The van der Waals surface area contributed by atoms with Crippen LogP contribution in [0.5, 0.6) is 11.5 Å². The van der Waals surface area contributed by atoms with Crippen LogP contribution in [-0.2, 0) is 4.79 Å². The summed E-state index contributed by atoms with van der Waals surface area (Å²) in [6, 6.07) is 5.61. The van der Waals surface area contributed by atoms with Gasteiger partial charge >= 0.3 is 0 Å². The Kier molecular flexibility index (Phi) is 5.90. The van der Waals surface area contributed by atoms with Gasteiger partial charge in [0.15, 0.2) is 11.5 Å². The molecular formula is C17H25NO3. The first kappa shape index (κ1) is 15.7. The summed E-state index contributed by atoms with van der Waals surface area (Å²) in [7, 11) is 0. The Hall–Kier alpha value is -1.71. The van der Waals surface area contributed by atoms with E-state index in [0.29, 0.717) is 19.0 Å². The van der Waals surface area contributed by atoms with Crippen molar-refractivity contribution in [3.05, 3.63) is 18.2 Å². The number of benzene rings is 1. The molecule has 4 heteroatoms. The van der Waals surface area contributed by atoms with Gasteiger partial charge in [-0.25, -0.2) is 0 Å². The number of anilines is 1. The summed E-state index contributed by atoms with van der Waals surface area (Å²) in [5.74, 6) is 1.74. The van der Waals surface area contributed by atoms with Crippen molar-refractivity contribution >= 4 is 11.6 Å². The zero-order valence-corrected chi connectivity index (χ0v) is 13.0. The second-order valence-electron chi connectivity index (χ2n) is 5.48. The third-order valence-electron chi connectivity index (χ3n) is 3.61. The summed E-state index contributed by atoms with van der Waals surface area (Å²) in [5.41, 5.74) is 0.779. The standard InChI is InChI=1S/C17H25NO3/c1-3-10-20-15-9-8-14(12-16(15)21-11-4-2)18-17(19)13-6-5-7-13/h8-9,12-13H,3-7,10-11H2,1-2H3,(H,18,19). The lowest BCUT2D eigenvalue weighted by Crippen LogP contribution is -2.28. The van der Waals surface area contributed by atoms with Crippen molar-refractivity contribution in [3.8, 4) is 11.5 Å². The molecule has 0 atom stereocenters. The Morgan fingerprint density at radius 2 is 1.81 bits per heavy atom. The maximum Gasteiger partial charge on any atom is 0.227 e. The van der Waals surface area contributed by atoms with Gasteiger partial charge < -0.3 is 14.8 Å². The fourth-order valence-corrected chi connectivity index (χ4v) is 2.16. The van der Waals surface area contributed by atoms with Gasteiger partial charge in [0, 0.05) is 17.7 Å². The van der Waals surface area contributed by atoms with Crippen LogP contribution in [0.1, 0.15) is 46.0 Å². The first-order chi connectivity index (χ1) is 10.2. The van der Waals surface area contributed by atoms with Crippen molar-refractivity contribution < 1.29 is 14.3 Å². The molecule has 0 unspecified atom stereocenters. The highest BCUT2D eigenvalue weighted by molar-refractivity contribution is 5.93. The zero-order valence-electron chi connectivity index (χ0n) is 13.0. The molecule has 21 heavy (non-hydrogen) atoms. The van der Waals surface area contributed by atoms with E-state index in [1.165, 1.54) is 0 Å². The molecule has 2 rings (SSSR count). The Bertz CT molecular complexity index is 469. The van der Waals surface area contributed by atoms with Crippen LogP contribution >= 0.6 is 0 Å². The fraction of sp³-hybridized carbons (Fsp3) is 0.588. The predicted molar refractivity (Wildman–Crippen MR) is 84.0 cm³/mol. The van der Waals surface area contributed by atoms with Crippen molar-refractivity contribution in [3.63, 3.8) is 0 Å². The summed E-state index contributed by atoms with van der Waals surface area (Å²) >= 11 is 0. The number of nitrogens with one attached hydrogen (secondary N) is 1. The molecule has 0 radical (unpaired) electrons. The molecule has 4 nitrogen and oxygen atoms in total. The molecule has 116 valence electrons. The summed E-state index contributed by atoms with van der Waals surface area (Å²) in [5, 5.41) is 2.97. The van der Waals surface area contributed by atoms with Crippen molar-refractivity contribution in [2.24, 2.45) is 5.92 Å². The largest absolute Gasteiger partial charge is 0.490 e. The van der Waals surface area contributed by atoms with E-state index in [1.807, 2.05) is 18.2 Å². The van der Waals surface area contributed by atoms with Crippen LogP contribution < -0.4 is 14.8 Å². The van der Waals surface area contributed by atoms with Gasteiger partial charge in [0.1, 0.15) is 0 Å². The molecule has 0 aromatic heterocycles. The monoisotopic (exact) mass is 291 g/mol. The third kappa shape index (κ3) is 4.38. The normalized spacial score (nSPS) is 14.4. The van der Waals surface area contributed by atoms with E-state index >= 15 is 0 Å². The van der Waals surface area contributed by atoms with Gasteiger partial charge in [-0.15, -0.1) is 0 Å². The molecule has 0 aliphatic heterocycles. The number of rotatable bonds is 8. The molecule has 1 amide bonds. The highest BCUT2D eigenvalue weighted by Crippen LogP contribution is 2.32. The molecule has 1 aliphatic carbocycles. The Morgan fingerprint density at radius 3 is 2.38 bits per heavy atom. The minimum Gasteiger partial charge on any atom is -0.490 e. The summed E-state index contributed by atoms with van der Waals surface area (Å²) in [4.78, 5) is 12.0. The Morgan fingerprint density at radius 1 is 1.14 bits per heavy atom. The van der Waals surface area contributed by atoms with Gasteiger partial charge in [0.05, 0.1) is 13.2 Å². The molecular weight excluding hydrogens is 266 g/mol. The predicted octanol–water partition coefficient (Wildman–Crippen LogP) is 4.00. The minimum absolute atomic E-state index is 0.116. The third-order valence-corrected chi connectivity index (χ3v) is 3.61. The van der Waals surface area contributed by atoms with E-state index in [9.17, 15) is 4.79 Å². The molecule has 0 saturated heterocycles. The maximum absolute atomic E-state index is 12.0. The van der Waals surface area contributed by atoms with Gasteiger partial charge in [-0.05, 0) is 37.8 Å². The van der Waals surface area contributed by atoms with E-state index in [2.05, 4.69) is 19.2 Å². The number of hydrogen-bond donors (Lipinski definition) is 1. The van der Waals surface area contributed by atoms with Crippen molar-refractivity contribution in [2.45, 2.75) is 46.0 Å². The van der Waals surface area contributed by atoms with Gasteiger partial charge in [-0.1, -0.05) is 20.3 Å². The lowest BCUT2D eigenvalue weighted by atomic mass is 9.85. The first-order valence-corrected chi connectivity index (χ1v) is 7.95. The van der Waals surface area contributed by atoms with Crippen LogP contribution in [0.25, 0.3) is 0 Å². The van der Waals surface area contributed by atoms with Gasteiger partial charge in [0.2, 0.25) is 5.91 Å². The lowest BCUT2D eigenvalue weighted by molar-refractivity contribution is -0.122. The number of hydrogen-bond acceptors (Lipinski definition) is 3. The van der Waals surface area contributed by atoms with Crippen molar-refractivity contribution in [1.29, 1.82) is 0 Å². The highest BCUT2D eigenvalue weighted by Gasteiger charge is 2.25. The Labute approximate surface area is 126 Å². The van der Waals surface area contributed by atoms with Crippen LogP contribution in [0, 0.1) is 5.92 Å². The molecule has 1 fully saturated rings. The number of carbonyl (C=O) groups excluding carboxylic acids is 1. The van der Waals surface area contributed by atoms with E-state index in [4.69, 9.17) is 9.47 Å². The van der Waals surface area contributed by atoms with Gasteiger partial charge in [-0.2, -0.15) is 0 Å². The quantitative estimate of drug-likeness (QED) is 0.787. The minimum atomic E-state index is 0.116. The van der Waals surface area contributed by atoms with Crippen LogP contribution in [-0.4, -0.2) is 19.1 Å². The van der Waals surface area contributed by atoms with Crippen LogP contribution in [0.4, 0.5) is 5.69 Å². The molecule has 0 spiro atoms. The Balaban J connectivity index is 2.05. The average molecular weight is 291 g/mol. The van der Waals surface area contributed by atoms with Gasteiger partial charge in [-0.3, -0.25) is 4.79 Å². The second kappa shape index (κ2) is 7.91. The maximum atomic E-state index is 12.0. The summed E-state index contributed by atoms with van der Waals surface area (Å²) in [6.07, 6.45) is 5.05. The van der Waals surface area contributed by atoms with Crippen LogP contribution in [0.15, 0.2) is 18.2 Å². The smallest absolute Gasteiger partial charge is 0.227 e. The van der Waals surface area contributed by atoms with E-state index in [-0.39, 0.29) is 11.8 Å². The van der Waals surface area contributed by atoms with Crippen LogP contribution in [0.3, 0.4) is 0 Å². The van der Waals surface area contributed by atoms with Crippen molar-refractivity contribution in [2.75, 3.05) is 18.5 Å². The molecule has 1 N–H and O–H groups in total. The molecule has 1 aliphatic rings. The first-order valence-electron chi connectivity index (χ1n) is 7.95. The fourth-order valence-electron chi connectivity index (χ4n) is 2.16. The van der Waals surface area contributed by atoms with Gasteiger partial charge in [0.25, 0.3) is 0 Å². The van der Waals surface area contributed by atoms with Crippen molar-refractivity contribution in [1.82, 2.24) is 0 Å². The number of carbonyl (C=O) groups is 1. The van der Waals surface area contributed by atoms with E-state index in [0.717, 1.165) is 43.5 Å². The molecule has 0 heterocycles. The lowest BCUT2D eigenvalue weighted by Gasteiger charge is -2.24. The topological polar surface area (TPSA) is 47.6 Å². The number of amides is 1. The summed E-state index contributed by atoms with van der Waals surface area (Å²) in [6.45, 7) is 5.44. The summed E-state index contributed by atoms with van der Waals surface area (Å²) < 4.78 is 11.4. The molecule has 1 aromatic rings. The van der Waals surface area contributed by atoms with E-state index in [1.54, 1.807) is 0 Å². The molecule has 1 saturated carbocycles. The SMILES string of the molecule is CCCOc1ccc(NC(=O)C2CCC2)cc1OCCC. The second-order valence-corrected chi connectivity index (χ2v) is 5.48. The highest BCUT2D eigenvalue weighted by atomic mass is 16.5. The average Bonchev–Trinajstić information content (AvgIpc) is 2.42. The zero-order chi connectivity index (χ0) is 15.1. The van der Waals surface area contributed by atoms with E-state index < -0.39 is 0 Å². The number of ether oxygens (including phenoxy) is 2. The van der Waals surface area contributed by atoms with Crippen LogP contribution in [0.2, 0.25) is 0 Å².